The highest BCUT2D eigenvalue weighted by molar-refractivity contribution is 5.90. The van der Waals surface area contributed by atoms with Gasteiger partial charge in [-0.2, -0.15) is 5.10 Å². The number of benzene rings is 1. The lowest BCUT2D eigenvalue weighted by Crippen LogP contribution is -2.15. The second kappa shape index (κ2) is 8.70. The standard InChI is InChI=1S/C17H22N4O.ClH/c22-17(7-4-14-8-10-18-12-14)20-16-5-2-15(3-6-16)13-21-11-1-9-19-21;/h1-3,5-6,9,11,14,18H,4,7-8,10,12-13H2,(H,20,22);1H. The second-order valence-corrected chi connectivity index (χ2v) is 5.85. The molecule has 1 atom stereocenters. The summed E-state index contributed by atoms with van der Waals surface area (Å²) in [7, 11) is 0. The van der Waals surface area contributed by atoms with Gasteiger partial charge in [0.25, 0.3) is 0 Å². The van der Waals surface area contributed by atoms with E-state index < -0.39 is 0 Å². The quantitative estimate of drug-likeness (QED) is 0.854. The van der Waals surface area contributed by atoms with Gasteiger partial charge >= 0.3 is 0 Å². The van der Waals surface area contributed by atoms with Crippen LogP contribution in [0.2, 0.25) is 0 Å². The van der Waals surface area contributed by atoms with Gasteiger partial charge in [-0.25, -0.2) is 0 Å². The van der Waals surface area contributed by atoms with E-state index in [-0.39, 0.29) is 18.3 Å². The normalized spacial score (nSPS) is 16.8. The molecule has 0 radical (unpaired) electrons. The van der Waals surface area contributed by atoms with E-state index in [0.29, 0.717) is 12.3 Å². The van der Waals surface area contributed by atoms with Crippen molar-refractivity contribution in [2.45, 2.75) is 25.8 Å². The van der Waals surface area contributed by atoms with Gasteiger partial charge in [-0.1, -0.05) is 12.1 Å². The molecule has 1 aromatic heterocycles. The summed E-state index contributed by atoms with van der Waals surface area (Å²) in [6, 6.07) is 9.87. The first kappa shape index (κ1) is 17.5. The minimum absolute atomic E-state index is 0. The Morgan fingerprint density at radius 3 is 2.83 bits per heavy atom. The number of halogens is 1. The van der Waals surface area contributed by atoms with Gasteiger partial charge in [0.15, 0.2) is 0 Å². The van der Waals surface area contributed by atoms with Gasteiger partial charge in [-0.05, 0) is 55.6 Å². The number of nitrogens with zero attached hydrogens (tertiary/aromatic N) is 2. The van der Waals surface area contributed by atoms with Crippen LogP contribution in [0.25, 0.3) is 0 Å². The summed E-state index contributed by atoms with van der Waals surface area (Å²) in [6.45, 7) is 2.88. The Hall–Kier alpha value is -1.85. The number of amides is 1. The summed E-state index contributed by atoms with van der Waals surface area (Å²) in [4.78, 5) is 12.0. The minimum Gasteiger partial charge on any atom is -0.326 e. The monoisotopic (exact) mass is 334 g/mol. The van der Waals surface area contributed by atoms with Crippen molar-refractivity contribution in [2.75, 3.05) is 18.4 Å². The molecule has 6 heteroatoms. The summed E-state index contributed by atoms with van der Waals surface area (Å²) in [5, 5.41) is 10.5. The lowest BCUT2D eigenvalue weighted by Gasteiger charge is -2.09. The van der Waals surface area contributed by atoms with E-state index >= 15 is 0 Å². The molecule has 2 N–H and O–H groups in total. The van der Waals surface area contributed by atoms with E-state index in [0.717, 1.165) is 31.7 Å². The molecule has 1 unspecified atom stereocenters. The van der Waals surface area contributed by atoms with Gasteiger partial charge in [0.2, 0.25) is 5.91 Å². The fourth-order valence-electron chi connectivity index (χ4n) is 2.79. The molecule has 0 spiro atoms. The maximum Gasteiger partial charge on any atom is 0.224 e. The van der Waals surface area contributed by atoms with Gasteiger partial charge in [0, 0.05) is 24.5 Å². The second-order valence-electron chi connectivity index (χ2n) is 5.85. The summed E-state index contributed by atoms with van der Waals surface area (Å²) < 4.78 is 1.88. The van der Waals surface area contributed by atoms with Crippen LogP contribution in [0.1, 0.15) is 24.8 Å². The zero-order valence-electron chi connectivity index (χ0n) is 13.1. The molecule has 1 saturated heterocycles. The van der Waals surface area contributed by atoms with Crippen molar-refractivity contribution in [3.8, 4) is 0 Å². The van der Waals surface area contributed by atoms with Crippen LogP contribution in [-0.4, -0.2) is 28.8 Å². The number of hydrogen-bond donors (Lipinski definition) is 2. The van der Waals surface area contributed by atoms with Crippen LogP contribution in [0, 0.1) is 5.92 Å². The summed E-state index contributed by atoms with van der Waals surface area (Å²) in [6.07, 6.45) is 6.47. The fraction of sp³-hybridized carbons (Fsp3) is 0.412. The molecule has 0 saturated carbocycles. The van der Waals surface area contributed by atoms with Crippen LogP contribution in [-0.2, 0) is 11.3 Å². The van der Waals surface area contributed by atoms with E-state index in [1.165, 1.54) is 12.0 Å². The number of hydrogen-bond acceptors (Lipinski definition) is 3. The van der Waals surface area contributed by atoms with Crippen molar-refractivity contribution >= 4 is 24.0 Å². The van der Waals surface area contributed by atoms with Crippen LogP contribution in [0.4, 0.5) is 5.69 Å². The summed E-state index contributed by atoms with van der Waals surface area (Å²) in [5.41, 5.74) is 2.03. The SMILES string of the molecule is Cl.O=C(CCC1CCNC1)Nc1ccc(Cn2cccn2)cc1. The maximum absolute atomic E-state index is 12.0. The molecule has 1 fully saturated rings. The van der Waals surface area contributed by atoms with Crippen LogP contribution >= 0.6 is 12.4 Å². The maximum atomic E-state index is 12.0. The van der Waals surface area contributed by atoms with Crippen LogP contribution in [0.5, 0.6) is 0 Å². The molecule has 0 aliphatic carbocycles. The Labute approximate surface area is 142 Å². The van der Waals surface area contributed by atoms with Crippen molar-refractivity contribution in [1.29, 1.82) is 0 Å². The zero-order chi connectivity index (χ0) is 15.2. The van der Waals surface area contributed by atoms with E-state index in [1.54, 1.807) is 6.20 Å². The van der Waals surface area contributed by atoms with Crippen molar-refractivity contribution < 1.29 is 4.79 Å². The first-order chi connectivity index (χ1) is 10.8. The average molecular weight is 335 g/mol. The highest BCUT2D eigenvalue weighted by Gasteiger charge is 2.15. The smallest absolute Gasteiger partial charge is 0.224 e. The summed E-state index contributed by atoms with van der Waals surface area (Å²) in [5.74, 6) is 0.758. The number of aromatic nitrogens is 2. The van der Waals surface area contributed by atoms with Gasteiger partial charge in [0.1, 0.15) is 0 Å². The lowest BCUT2D eigenvalue weighted by molar-refractivity contribution is -0.116. The molecule has 23 heavy (non-hydrogen) atoms. The Morgan fingerprint density at radius 1 is 1.35 bits per heavy atom. The average Bonchev–Trinajstić information content (AvgIpc) is 3.20. The predicted octanol–water partition coefficient (Wildman–Crippen LogP) is 2.68. The largest absolute Gasteiger partial charge is 0.326 e. The Kier molecular flexibility index (Phi) is 6.62. The summed E-state index contributed by atoms with van der Waals surface area (Å²) >= 11 is 0. The number of anilines is 1. The number of carbonyl (C=O) groups excluding carboxylic acids is 1. The molecule has 3 rings (SSSR count). The molecule has 5 nitrogen and oxygen atoms in total. The molecular formula is C17H23ClN4O. The number of rotatable bonds is 6. The molecular weight excluding hydrogens is 312 g/mol. The molecule has 1 aliphatic rings. The zero-order valence-corrected chi connectivity index (χ0v) is 13.9. The van der Waals surface area contributed by atoms with E-state index in [1.807, 2.05) is 41.2 Å². The van der Waals surface area contributed by atoms with Crippen LogP contribution in [0.3, 0.4) is 0 Å². The molecule has 124 valence electrons. The molecule has 0 bridgehead atoms. The lowest BCUT2D eigenvalue weighted by atomic mass is 10.0. The van der Waals surface area contributed by atoms with Gasteiger partial charge < -0.3 is 10.6 Å². The predicted molar refractivity (Wildman–Crippen MR) is 93.9 cm³/mol. The Bertz CT molecular complexity index is 592. The minimum atomic E-state index is 0. The molecule has 1 amide bonds. The number of nitrogens with one attached hydrogen (secondary N) is 2. The van der Waals surface area contributed by atoms with Crippen molar-refractivity contribution in [3.05, 3.63) is 48.3 Å². The van der Waals surface area contributed by atoms with E-state index in [2.05, 4.69) is 15.7 Å². The Balaban J connectivity index is 0.00000192. The van der Waals surface area contributed by atoms with Crippen LogP contribution in [0.15, 0.2) is 42.7 Å². The highest BCUT2D eigenvalue weighted by atomic mass is 35.5. The molecule has 1 aromatic carbocycles. The van der Waals surface area contributed by atoms with Gasteiger partial charge in [0.05, 0.1) is 6.54 Å². The fourth-order valence-corrected chi connectivity index (χ4v) is 2.79. The Morgan fingerprint density at radius 2 is 2.17 bits per heavy atom. The third-order valence-corrected chi connectivity index (χ3v) is 4.08. The highest BCUT2D eigenvalue weighted by Crippen LogP contribution is 2.16. The van der Waals surface area contributed by atoms with Crippen molar-refractivity contribution in [3.63, 3.8) is 0 Å². The molecule has 2 aromatic rings. The first-order valence-electron chi connectivity index (χ1n) is 7.86. The van der Waals surface area contributed by atoms with Gasteiger partial charge in [-0.15, -0.1) is 12.4 Å². The molecule has 1 aliphatic heterocycles. The molecule has 2 heterocycles. The topological polar surface area (TPSA) is 59.0 Å². The van der Waals surface area contributed by atoms with E-state index in [9.17, 15) is 4.79 Å². The van der Waals surface area contributed by atoms with Crippen LogP contribution < -0.4 is 10.6 Å². The van der Waals surface area contributed by atoms with E-state index in [4.69, 9.17) is 0 Å². The third kappa shape index (κ3) is 5.37. The third-order valence-electron chi connectivity index (χ3n) is 4.08. The van der Waals surface area contributed by atoms with Gasteiger partial charge in [-0.3, -0.25) is 9.48 Å². The number of carbonyl (C=O) groups is 1. The first-order valence-corrected chi connectivity index (χ1v) is 7.86. The van der Waals surface area contributed by atoms with Crippen molar-refractivity contribution in [1.82, 2.24) is 15.1 Å². The van der Waals surface area contributed by atoms with Crippen molar-refractivity contribution in [2.24, 2.45) is 5.92 Å².